The standard InChI is InChI=1S/C11H15N3OS/c15-11-10(13-8-1-2-8)3-4-14(11)5-9-6-16-7-12-9/h6-8,10,13H,1-5H2. The first-order chi connectivity index (χ1) is 7.83. The first kappa shape index (κ1) is 10.2. The zero-order valence-electron chi connectivity index (χ0n) is 9.06. The van der Waals surface area contributed by atoms with Gasteiger partial charge in [-0.05, 0) is 19.3 Å². The molecule has 2 aliphatic rings. The molecule has 2 heterocycles. The van der Waals surface area contributed by atoms with E-state index in [9.17, 15) is 4.79 Å². The van der Waals surface area contributed by atoms with Crippen LogP contribution in [0.1, 0.15) is 25.0 Å². The minimum absolute atomic E-state index is 0.0612. The molecule has 3 rings (SSSR count). The van der Waals surface area contributed by atoms with Crippen molar-refractivity contribution in [3.8, 4) is 0 Å². The maximum Gasteiger partial charge on any atom is 0.240 e. The molecule has 1 aromatic rings. The van der Waals surface area contributed by atoms with Crippen LogP contribution in [0.4, 0.5) is 0 Å². The Morgan fingerprint density at radius 1 is 1.50 bits per heavy atom. The third kappa shape index (κ3) is 2.10. The van der Waals surface area contributed by atoms with Crippen molar-refractivity contribution in [1.82, 2.24) is 15.2 Å². The zero-order chi connectivity index (χ0) is 11.0. The van der Waals surface area contributed by atoms with Gasteiger partial charge >= 0.3 is 0 Å². The Hall–Kier alpha value is -0.940. The lowest BCUT2D eigenvalue weighted by atomic mass is 10.2. The molecule has 0 aromatic carbocycles. The number of nitrogens with one attached hydrogen (secondary N) is 1. The molecule has 0 spiro atoms. The number of carbonyl (C=O) groups excluding carboxylic acids is 1. The molecule has 5 heteroatoms. The smallest absolute Gasteiger partial charge is 0.240 e. The molecule has 86 valence electrons. The monoisotopic (exact) mass is 237 g/mol. The maximum atomic E-state index is 12.0. The van der Waals surface area contributed by atoms with Crippen LogP contribution in [-0.2, 0) is 11.3 Å². The highest BCUT2D eigenvalue weighted by atomic mass is 32.1. The summed E-state index contributed by atoms with van der Waals surface area (Å²) in [4.78, 5) is 18.2. The van der Waals surface area contributed by atoms with Gasteiger partial charge in [-0.1, -0.05) is 0 Å². The van der Waals surface area contributed by atoms with Crippen LogP contribution in [0.15, 0.2) is 10.9 Å². The van der Waals surface area contributed by atoms with Gasteiger partial charge in [-0.2, -0.15) is 0 Å². The van der Waals surface area contributed by atoms with E-state index in [2.05, 4.69) is 10.3 Å². The summed E-state index contributed by atoms with van der Waals surface area (Å²) >= 11 is 1.58. The Balaban J connectivity index is 1.58. The van der Waals surface area contributed by atoms with Crippen LogP contribution in [0.2, 0.25) is 0 Å². The molecule has 1 saturated carbocycles. The Morgan fingerprint density at radius 2 is 2.38 bits per heavy atom. The summed E-state index contributed by atoms with van der Waals surface area (Å²) in [6.07, 6.45) is 3.41. The second-order valence-corrected chi connectivity index (χ2v) is 5.24. The number of hydrogen-bond acceptors (Lipinski definition) is 4. The number of carbonyl (C=O) groups is 1. The largest absolute Gasteiger partial charge is 0.335 e. The van der Waals surface area contributed by atoms with Crippen LogP contribution >= 0.6 is 11.3 Å². The first-order valence-corrected chi connectivity index (χ1v) is 6.69. The highest BCUT2D eigenvalue weighted by Gasteiger charge is 2.35. The lowest BCUT2D eigenvalue weighted by Crippen LogP contribution is -2.39. The van der Waals surface area contributed by atoms with E-state index in [1.54, 1.807) is 11.3 Å². The fraction of sp³-hybridized carbons (Fsp3) is 0.636. The average molecular weight is 237 g/mol. The number of aromatic nitrogens is 1. The third-order valence-electron chi connectivity index (χ3n) is 3.15. The predicted molar refractivity (Wildman–Crippen MR) is 62.1 cm³/mol. The Labute approximate surface area is 98.7 Å². The van der Waals surface area contributed by atoms with Gasteiger partial charge < -0.3 is 10.2 Å². The van der Waals surface area contributed by atoms with Gasteiger partial charge in [0.1, 0.15) is 0 Å². The van der Waals surface area contributed by atoms with Crippen molar-refractivity contribution in [2.75, 3.05) is 6.54 Å². The van der Waals surface area contributed by atoms with Crippen molar-refractivity contribution in [1.29, 1.82) is 0 Å². The van der Waals surface area contributed by atoms with Gasteiger partial charge in [0.2, 0.25) is 5.91 Å². The zero-order valence-corrected chi connectivity index (χ0v) is 9.87. The van der Waals surface area contributed by atoms with E-state index in [1.807, 2.05) is 15.8 Å². The predicted octanol–water partition coefficient (Wildman–Crippen LogP) is 0.996. The van der Waals surface area contributed by atoms with Crippen molar-refractivity contribution in [3.63, 3.8) is 0 Å². The van der Waals surface area contributed by atoms with Crippen molar-refractivity contribution in [3.05, 3.63) is 16.6 Å². The van der Waals surface area contributed by atoms with E-state index in [0.29, 0.717) is 12.6 Å². The molecule has 1 N–H and O–H groups in total. The van der Waals surface area contributed by atoms with Crippen molar-refractivity contribution in [2.24, 2.45) is 0 Å². The van der Waals surface area contributed by atoms with Gasteiger partial charge in [-0.3, -0.25) is 4.79 Å². The SMILES string of the molecule is O=C1C(NC2CC2)CCN1Cc1cscn1. The molecule has 1 saturated heterocycles. The van der Waals surface area contributed by atoms with Crippen LogP contribution in [0.3, 0.4) is 0 Å². The van der Waals surface area contributed by atoms with Gasteiger partial charge in [0.25, 0.3) is 0 Å². The Morgan fingerprint density at radius 3 is 3.06 bits per heavy atom. The van der Waals surface area contributed by atoms with Crippen molar-refractivity contribution < 1.29 is 4.79 Å². The molecule has 1 aromatic heterocycles. The first-order valence-electron chi connectivity index (χ1n) is 5.75. The van der Waals surface area contributed by atoms with E-state index in [0.717, 1.165) is 18.7 Å². The normalized spacial score (nSPS) is 25.4. The molecule has 1 aliphatic carbocycles. The van der Waals surface area contributed by atoms with E-state index >= 15 is 0 Å². The molecule has 1 atom stereocenters. The Kier molecular flexibility index (Phi) is 2.65. The number of rotatable bonds is 4. The molecule has 16 heavy (non-hydrogen) atoms. The van der Waals surface area contributed by atoms with Gasteiger partial charge in [-0.15, -0.1) is 11.3 Å². The molecular weight excluding hydrogens is 222 g/mol. The molecule has 0 radical (unpaired) electrons. The molecule has 1 aliphatic heterocycles. The summed E-state index contributed by atoms with van der Waals surface area (Å²) in [6, 6.07) is 0.666. The van der Waals surface area contributed by atoms with Crippen molar-refractivity contribution in [2.45, 2.75) is 37.9 Å². The number of likely N-dealkylation sites (tertiary alicyclic amines) is 1. The summed E-state index contributed by atoms with van der Waals surface area (Å²) < 4.78 is 0. The van der Waals surface area contributed by atoms with Gasteiger partial charge in [0.15, 0.2) is 0 Å². The summed E-state index contributed by atoms with van der Waals surface area (Å²) in [5.41, 5.74) is 2.82. The topological polar surface area (TPSA) is 45.2 Å². The van der Waals surface area contributed by atoms with Crippen LogP contribution in [0, 0.1) is 0 Å². The lowest BCUT2D eigenvalue weighted by Gasteiger charge is -2.15. The fourth-order valence-corrected chi connectivity index (χ4v) is 2.65. The molecule has 2 fully saturated rings. The fourth-order valence-electron chi connectivity index (χ4n) is 2.10. The average Bonchev–Trinajstić information content (AvgIpc) is 2.83. The lowest BCUT2D eigenvalue weighted by molar-refractivity contribution is -0.130. The highest BCUT2D eigenvalue weighted by Crippen LogP contribution is 2.23. The highest BCUT2D eigenvalue weighted by molar-refractivity contribution is 7.07. The summed E-state index contributed by atoms with van der Waals surface area (Å²) in [5.74, 6) is 0.250. The summed E-state index contributed by atoms with van der Waals surface area (Å²) in [7, 11) is 0. The van der Waals surface area contributed by atoms with Crippen molar-refractivity contribution >= 4 is 17.2 Å². The third-order valence-corrected chi connectivity index (χ3v) is 3.78. The number of nitrogens with zero attached hydrogens (tertiary/aromatic N) is 2. The number of thiazole rings is 1. The van der Waals surface area contributed by atoms with Crippen LogP contribution in [0.5, 0.6) is 0 Å². The minimum Gasteiger partial charge on any atom is -0.335 e. The number of hydrogen-bond donors (Lipinski definition) is 1. The molecular formula is C11H15N3OS. The van der Waals surface area contributed by atoms with E-state index in [-0.39, 0.29) is 11.9 Å². The quantitative estimate of drug-likeness (QED) is 0.849. The van der Waals surface area contributed by atoms with Crippen LogP contribution in [0.25, 0.3) is 0 Å². The van der Waals surface area contributed by atoms with E-state index < -0.39 is 0 Å². The van der Waals surface area contributed by atoms with Crippen LogP contribution in [-0.4, -0.2) is 34.4 Å². The number of amides is 1. The maximum absolute atomic E-state index is 12.0. The second kappa shape index (κ2) is 4.14. The minimum atomic E-state index is 0.0612. The van der Waals surface area contributed by atoms with Gasteiger partial charge in [0.05, 0.1) is 23.8 Å². The second-order valence-electron chi connectivity index (χ2n) is 4.52. The van der Waals surface area contributed by atoms with Gasteiger partial charge in [-0.25, -0.2) is 4.98 Å². The molecule has 1 amide bonds. The molecule has 0 bridgehead atoms. The molecule has 4 nitrogen and oxygen atoms in total. The van der Waals surface area contributed by atoms with Gasteiger partial charge in [0, 0.05) is 18.0 Å². The van der Waals surface area contributed by atoms with Crippen LogP contribution < -0.4 is 5.32 Å². The molecule has 1 unspecified atom stereocenters. The van der Waals surface area contributed by atoms with E-state index in [4.69, 9.17) is 0 Å². The Bertz CT molecular complexity index is 375. The van der Waals surface area contributed by atoms with E-state index in [1.165, 1.54) is 12.8 Å². The summed E-state index contributed by atoms with van der Waals surface area (Å²) in [6.45, 7) is 1.53. The summed E-state index contributed by atoms with van der Waals surface area (Å²) in [5, 5.41) is 5.41.